The molecule has 0 aliphatic carbocycles. The first-order chi connectivity index (χ1) is 8.12. The molecule has 0 spiro atoms. The van der Waals surface area contributed by atoms with Gasteiger partial charge >= 0.3 is 0 Å². The van der Waals surface area contributed by atoms with Gasteiger partial charge in [-0.3, -0.25) is 4.57 Å². The van der Waals surface area contributed by atoms with Crippen molar-refractivity contribution in [3.63, 3.8) is 0 Å². The van der Waals surface area contributed by atoms with Gasteiger partial charge in [0.25, 0.3) is 5.85 Å². The van der Waals surface area contributed by atoms with Crippen LogP contribution in [0.5, 0.6) is 0 Å². The lowest BCUT2D eigenvalue weighted by atomic mass is 9.88. The van der Waals surface area contributed by atoms with Crippen molar-refractivity contribution < 1.29 is 4.57 Å². The molecule has 0 aliphatic heterocycles. The van der Waals surface area contributed by atoms with Gasteiger partial charge in [-0.15, -0.1) is 5.73 Å². The van der Waals surface area contributed by atoms with Crippen LogP contribution in [0.1, 0.15) is 33.3 Å². The van der Waals surface area contributed by atoms with E-state index in [1.165, 1.54) is 0 Å². The summed E-state index contributed by atoms with van der Waals surface area (Å²) in [7, 11) is 0. The fraction of sp³-hybridized carbons (Fsp3) is 0.357. The molecule has 0 fully saturated rings. The normalized spacial score (nSPS) is 11.9. The van der Waals surface area contributed by atoms with Crippen LogP contribution in [0.2, 0.25) is 0 Å². The van der Waals surface area contributed by atoms with Crippen LogP contribution < -0.4 is 0 Å². The third kappa shape index (κ3) is 4.34. The lowest BCUT2D eigenvalue weighted by molar-refractivity contribution is 0.505. The summed E-state index contributed by atoms with van der Waals surface area (Å²) >= 11 is 11.7. The Hall–Kier alpha value is -0.450. The quantitative estimate of drug-likeness (QED) is 0.463. The van der Waals surface area contributed by atoms with Crippen molar-refractivity contribution in [1.82, 2.24) is 0 Å². The second-order valence-corrected chi connectivity index (χ2v) is 9.92. The minimum atomic E-state index is -3.39. The molecule has 0 heterocycles. The summed E-state index contributed by atoms with van der Waals surface area (Å²) in [4.78, 5) is 0. The average molecular weight is 303 g/mol. The lowest BCUT2D eigenvalue weighted by Gasteiger charge is -2.18. The smallest absolute Gasteiger partial charge is 0.283 e. The summed E-state index contributed by atoms with van der Waals surface area (Å²) in [6.45, 7) is 8.12. The molecule has 0 atom stereocenters. The number of halogens is 2. The Morgan fingerprint density at radius 3 is 2.06 bits per heavy atom. The van der Waals surface area contributed by atoms with Crippen molar-refractivity contribution in [2.45, 2.75) is 27.7 Å². The Labute approximate surface area is 118 Å². The maximum atomic E-state index is 12.0. The summed E-state index contributed by atoms with van der Waals surface area (Å²) in [6.07, 6.45) is 0. The van der Waals surface area contributed by atoms with Gasteiger partial charge in [0, 0.05) is 0 Å². The summed E-state index contributed by atoms with van der Waals surface area (Å²) in [5, 5.41) is 0.374. The zero-order chi connectivity index (χ0) is 14.0. The van der Waals surface area contributed by atoms with Gasteiger partial charge in [0.1, 0.15) is 0 Å². The van der Waals surface area contributed by atoms with Crippen LogP contribution in [0.4, 0.5) is 0 Å². The zero-order valence-electron chi connectivity index (χ0n) is 11.0. The fourth-order valence-electron chi connectivity index (χ4n) is 1.25. The molecule has 0 aliphatic rings. The van der Waals surface area contributed by atoms with E-state index in [-0.39, 0.29) is 5.41 Å². The second-order valence-electron chi connectivity index (χ2n) is 5.18. The molecule has 0 aromatic heterocycles. The fourth-order valence-corrected chi connectivity index (χ4v) is 2.84. The molecule has 0 saturated heterocycles. The molecule has 0 saturated carbocycles. The van der Waals surface area contributed by atoms with Gasteiger partial charge in [0.15, 0.2) is 0 Å². The Balaban J connectivity index is 3.53. The van der Waals surface area contributed by atoms with Crippen LogP contribution in [0, 0.1) is 5.41 Å². The van der Waals surface area contributed by atoms with Crippen LogP contribution in [0.25, 0.3) is 5.31 Å². The van der Waals surface area contributed by atoms with Gasteiger partial charge in [0.05, 0.1) is 5.31 Å². The molecule has 0 N–H and O–H groups in total. The summed E-state index contributed by atoms with van der Waals surface area (Å²) in [6, 6.07) is 9.25. The van der Waals surface area contributed by atoms with E-state index in [1.807, 2.05) is 37.3 Å². The Morgan fingerprint density at radius 2 is 1.67 bits per heavy atom. The number of rotatable bonds is 2. The Bertz CT molecular complexity index is 529. The molecule has 1 nitrogen and oxygen atoms in total. The van der Waals surface area contributed by atoms with Crippen molar-refractivity contribution >= 4 is 33.6 Å². The van der Waals surface area contributed by atoms with Gasteiger partial charge in [0.2, 0.25) is 0 Å². The average Bonchev–Trinajstić information content (AvgIpc) is 2.23. The highest BCUT2D eigenvalue weighted by Crippen LogP contribution is 2.67. The van der Waals surface area contributed by atoms with Crippen LogP contribution in [-0.4, -0.2) is 0 Å². The van der Waals surface area contributed by atoms with Crippen LogP contribution in [0.3, 0.4) is 0 Å². The Kier molecular flexibility index (Phi) is 4.92. The second kappa shape index (κ2) is 5.68. The number of hydrogen-bond acceptors (Lipinski definition) is 1. The molecule has 1 aromatic carbocycles. The number of benzene rings is 1. The van der Waals surface area contributed by atoms with Gasteiger partial charge in [-0.05, 0) is 46.0 Å². The molecule has 1 aromatic rings. The summed E-state index contributed by atoms with van der Waals surface area (Å²) in [5.74, 6) is -3.39. The molecule has 18 heavy (non-hydrogen) atoms. The van der Waals surface area contributed by atoms with E-state index < -0.39 is 5.85 Å². The van der Waals surface area contributed by atoms with E-state index >= 15 is 0 Å². The number of hydrogen-bond donors (Lipinski definition) is 0. The van der Waals surface area contributed by atoms with Gasteiger partial charge in [-0.1, -0.05) is 51.1 Å². The van der Waals surface area contributed by atoms with Crippen molar-refractivity contribution in [2.24, 2.45) is 5.41 Å². The van der Waals surface area contributed by atoms with Crippen molar-refractivity contribution in [2.75, 3.05) is 0 Å². The van der Waals surface area contributed by atoms with E-state index in [4.69, 9.17) is 22.5 Å². The van der Waals surface area contributed by atoms with Crippen molar-refractivity contribution in [1.29, 1.82) is 0 Å². The standard InChI is InChI=1S/C14H17Cl2OP/c1-11(14(2,3)4)10-13(18(15,16)17)12-8-6-5-7-9-12/h5-9H,1-4H3. The lowest BCUT2D eigenvalue weighted by Crippen LogP contribution is -2.05. The molecular weight excluding hydrogens is 286 g/mol. The first-order valence-corrected chi connectivity index (χ1v) is 9.17. The molecule has 1 rings (SSSR count). The monoisotopic (exact) mass is 302 g/mol. The first kappa shape index (κ1) is 15.6. The van der Waals surface area contributed by atoms with Gasteiger partial charge in [-0.25, -0.2) is 0 Å². The van der Waals surface area contributed by atoms with Gasteiger partial charge < -0.3 is 0 Å². The van der Waals surface area contributed by atoms with Crippen LogP contribution in [0.15, 0.2) is 41.6 Å². The molecule has 4 heteroatoms. The molecule has 0 unspecified atom stereocenters. The molecular formula is C14H17Cl2OP. The summed E-state index contributed by atoms with van der Waals surface area (Å²) in [5.41, 5.74) is 4.76. The highest BCUT2D eigenvalue weighted by atomic mass is 35.9. The maximum absolute atomic E-state index is 12.0. The molecule has 0 radical (unpaired) electrons. The van der Waals surface area contributed by atoms with Gasteiger partial charge in [-0.2, -0.15) is 0 Å². The van der Waals surface area contributed by atoms with E-state index in [9.17, 15) is 4.57 Å². The number of allylic oxidation sites excluding steroid dienone is 1. The Morgan fingerprint density at radius 1 is 1.17 bits per heavy atom. The van der Waals surface area contributed by atoms with E-state index in [2.05, 4.69) is 26.5 Å². The van der Waals surface area contributed by atoms with E-state index in [0.717, 1.165) is 11.1 Å². The van der Waals surface area contributed by atoms with Crippen LogP contribution in [-0.2, 0) is 4.57 Å². The SMILES string of the molecule is CC(=C=C(c1ccccc1)P(=O)(Cl)Cl)C(C)(C)C. The van der Waals surface area contributed by atoms with Crippen molar-refractivity contribution in [3.8, 4) is 0 Å². The first-order valence-electron chi connectivity index (χ1n) is 5.65. The van der Waals surface area contributed by atoms with Crippen LogP contribution >= 0.6 is 28.3 Å². The predicted octanol–water partition coefficient (Wildman–Crippen LogP) is 6.29. The molecule has 0 amide bonds. The third-order valence-corrected chi connectivity index (χ3v) is 4.64. The van der Waals surface area contributed by atoms with Crippen molar-refractivity contribution in [3.05, 3.63) is 47.2 Å². The largest absolute Gasteiger partial charge is 0.290 e. The van der Waals surface area contributed by atoms with E-state index in [1.54, 1.807) is 0 Å². The maximum Gasteiger partial charge on any atom is 0.290 e. The summed E-state index contributed by atoms with van der Waals surface area (Å²) < 4.78 is 12.0. The minimum absolute atomic E-state index is 0.0665. The highest BCUT2D eigenvalue weighted by molar-refractivity contribution is 8.15. The minimum Gasteiger partial charge on any atom is -0.283 e. The third-order valence-electron chi connectivity index (χ3n) is 2.74. The molecule has 98 valence electrons. The topological polar surface area (TPSA) is 17.1 Å². The highest BCUT2D eigenvalue weighted by Gasteiger charge is 2.23. The predicted molar refractivity (Wildman–Crippen MR) is 81.3 cm³/mol. The zero-order valence-corrected chi connectivity index (χ0v) is 13.4. The van der Waals surface area contributed by atoms with E-state index in [0.29, 0.717) is 5.31 Å². The molecule has 0 bridgehead atoms.